The third-order valence-corrected chi connectivity index (χ3v) is 2.24. The first-order valence-electron chi connectivity index (χ1n) is 3.92. The fourth-order valence-corrected chi connectivity index (χ4v) is 1.51. The van der Waals surface area contributed by atoms with Crippen LogP contribution in [0.25, 0.3) is 5.78 Å². The summed E-state index contributed by atoms with van der Waals surface area (Å²) in [6.45, 7) is 1.92. The molecule has 1 unspecified atom stereocenters. The van der Waals surface area contributed by atoms with Gasteiger partial charge in [-0.15, -0.1) is 0 Å². The van der Waals surface area contributed by atoms with Crippen LogP contribution in [-0.4, -0.2) is 14.4 Å². The van der Waals surface area contributed by atoms with Crippen molar-refractivity contribution < 1.29 is 0 Å². The monoisotopic (exact) mass is 240 g/mol. The highest BCUT2D eigenvalue weighted by Crippen LogP contribution is 2.14. The molecule has 0 aromatic carbocycles. The molecule has 0 aliphatic rings. The van der Waals surface area contributed by atoms with Crippen molar-refractivity contribution in [3.8, 4) is 0 Å². The average molecular weight is 241 g/mol. The van der Waals surface area contributed by atoms with Crippen LogP contribution in [0.5, 0.6) is 0 Å². The lowest BCUT2D eigenvalue weighted by Gasteiger charge is -2.03. The van der Waals surface area contributed by atoms with Crippen LogP contribution in [0.3, 0.4) is 0 Å². The van der Waals surface area contributed by atoms with Crippen molar-refractivity contribution in [2.45, 2.75) is 13.0 Å². The van der Waals surface area contributed by atoms with Gasteiger partial charge in [-0.3, -0.25) is 4.40 Å². The van der Waals surface area contributed by atoms with E-state index in [4.69, 9.17) is 5.73 Å². The minimum atomic E-state index is -0.0360. The summed E-state index contributed by atoms with van der Waals surface area (Å²) in [5, 5.41) is 0. The largest absolute Gasteiger partial charge is 0.323 e. The fourth-order valence-electron chi connectivity index (χ4n) is 1.20. The molecule has 1 atom stereocenters. The smallest absolute Gasteiger partial charge is 0.234 e. The maximum Gasteiger partial charge on any atom is 0.234 e. The number of hydrogen-bond acceptors (Lipinski definition) is 3. The van der Waals surface area contributed by atoms with E-state index in [2.05, 4.69) is 25.9 Å². The van der Waals surface area contributed by atoms with Gasteiger partial charge in [0, 0.05) is 18.4 Å². The van der Waals surface area contributed by atoms with Crippen molar-refractivity contribution in [3.05, 3.63) is 28.8 Å². The van der Waals surface area contributed by atoms with Gasteiger partial charge in [0.1, 0.15) is 0 Å². The van der Waals surface area contributed by atoms with Crippen molar-refractivity contribution in [2.24, 2.45) is 5.73 Å². The van der Waals surface area contributed by atoms with E-state index in [0.717, 1.165) is 10.2 Å². The summed E-state index contributed by atoms with van der Waals surface area (Å²) in [7, 11) is 0. The highest BCUT2D eigenvalue weighted by atomic mass is 79.9. The molecule has 0 saturated heterocycles. The van der Waals surface area contributed by atoms with E-state index in [1.54, 1.807) is 12.4 Å². The van der Waals surface area contributed by atoms with E-state index >= 15 is 0 Å². The summed E-state index contributed by atoms with van der Waals surface area (Å²) < 4.78 is 2.80. The van der Waals surface area contributed by atoms with Gasteiger partial charge in [0.05, 0.1) is 16.4 Å². The van der Waals surface area contributed by atoms with Gasteiger partial charge in [0.25, 0.3) is 0 Å². The topological polar surface area (TPSA) is 56.2 Å². The first-order valence-corrected chi connectivity index (χ1v) is 4.72. The first kappa shape index (κ1) is 8.65. The van der Waals surface area contributed by atoms with Crippen LogP contribution in [0.15, 0.2) is 23.1 Å². The van der Waals surface area contributed by atoms with E-state index < -0.39 is 0 Å². The Labute approximate surface area is 83.9 Å². The Kier molecular flexibility index (Phi) is 2.05. The van der Waals surface area contributed by atoms with Gasteiger partial charge in [0.2, 0.25) is 5.78 Å². The molecule has 2 heterocycles. The predicted octanol–water partition coefficient (Wildman–Crippen LogP) is 1.51. The molecule has 0 aliphatic carbocycles. The molecule has 0 radical (unpaired) electrons. The predicted molar refractivity (Wildman–Crippen MR) is 53.3 cm³/mol. The van der Waals surface area contributed by atoms with E-state index in [9.17, 15) is 0 Å². The van der Waals surface area contributed by atoms with Gasteiger partial charge in [-0.05, 0) is 22.9 Å². The second kappa shape index (κ2) is 3.08. The number of hydrogen-bond donors (Lipinski definition) is 1. The summed E-state index contributed by atoms with van der Waals surface area (Å²) in [5.74, 6) is 0.676. The third kappa shape index (κ3) is 1.45. The number of nitrogens with zero attached hydrogens (tertiary/aromatic N) is 3. The van der Waals surface area contributed by atoms with Gasteiger partial charge in [-0.2, -0.15) is 0 Å². The van der Waals surface area contributed by atoms with Crippen LogP contribution in [-0.2, 0) is 0 Å². The zero-order valence-corrected chi connectivity index (χ0v) is 8.69. The van der Waals surface area contributed by atoms with Crippen LogP contribution < -0.4 is 5.73 Å². The van der Waals surface area contributed by atoms with Gasteiger partial charge >= 0.3 is 0 Å². The molecule has 0 saturated carbocycles. The SMILES string of the molecule is CC(N)c1cnc2ncc(Br)cn12. The number of fused-ring (bicyclic) bond motifs is 1. The number of halogens is 1. The zero-order chi connectivity index (χ0) is 9.42. The molecule has 2 aromatic heterocycles. The zero-order valence-electron chi connectivity index (χ0n) is 7.11. The van der Waals surface area contributed by atoms with Crippen molar-refractivity contribution in [1.29, 1.82) is 0 Å². The molecule has 0 spiro atoms. The van der Waals surface area contributed by atoms with E-state index in [-0.39, 0.29) is 6.04 Å². The third-order valence-electron chi connectivity index (χ3n) is 1.83. The van der Waals surface area contributed by atoms with Crippen molar-refractivity contribution >= 4 is 21.7 Å². The molecule has 4 nitrogen and oxygen atoms in total. The summed E-state index contributed by atoms with van der Waals surface area (Å²) >= 11 is 3.35. The Morgan fingerprint density at radius 2 is 2.15 bits per heavy atom. The molecule has 13 heavy (non-hydrogen) atoms. The molecule has 2 N–H and O–H groups in total. The molecule has 68 valence electrons. The molecule has 0 amide bonds. The summed E-state index contributed by atoms with van der Waals surface area (Å²) in [6, 6.07) is -0.0360. The minimum Gasteiger partial charge on any atom is -0.323 e. The molecule has 0 fully saturated rings. The quantitative estimate of drug-likeness (QED) is 0.823. The fraction of sp³-hybridized carbons (Fsp3) is 0.250. The van der Waals surface area contributed by atoms with Crippen LogP contribution >= 0.6 is 15.9 Å². The number of nitrogens with two attached hydrogens (primary N) is 1. The number of imidazole rings is 1. The maximum absolute atomic E-state index is 5.77. The maximum atomic E-state index is 5.77. The minimum absolute atomic E-state index is 0.0360. The first-order chi connectivity index (χ1) is 6.18. The second-order valence-electron chi connectivity index (χ2n) is 2.91. The lowest BCUT2D eigenvalue weighted by Crippen LogP contribution is -2.08. The molecule has 0 aliphatic heterocycles. The van der Waals surface area contributed by atoms with E-state index in [1.807, 2.05) is 17.5 Å². The lowest BCUT2D eigenvalue weighted by atomic mass is 10.3. The Morgan fingerprint density at radius 1 is 1.46 bits per heavy atom. The standard InChI is InChI=1S/C8H9BrN4/c1-5(10)7-3-12-8-11-2-6(9)4-13(7)8/h2-5H,10H2,1H3. The van der Waals surface area contributed by atoms with Gasteiger partial charge in [-0.25, -0.2) is 9.97 Å². The molecule has 5 heteroatoms. The number of rotatable bonds is 1. The molecule has 2 rings (SSSR count). The molecule has 0 bridgehead atoms. The molecular weight excluding hydrogens is 232 g/mol. The van der Waals surface area contributed by atoms with Crippen molar-refractivity contribution in [2.75, 3.05) is 0 Å². The average Bonchev–Trinajstić information content (AvgIpc) is 2.46. The summed E-state index contributed by atoms with van der Waals surface area (Å²) in [4.78, 5) is 8.27. The highest BCUT2D eigenvalue weighted by molar-refractivity contribution is 9.10. The molecule has 2 aromatic rings. The van der Waals surface area contributed by atoms with Crippen LogP contribution in [0.1, 0.15) is 18.7 Å². The van der Waals surface area contributed by atoms with Crippen LogP contribution in [0.4, 0.5) is 0 Å². The van der Waals surface area contributed by atoms with Crippen LogP contribution in [0, 0.1) is 0 Å². The van der Waals surface area contributed by atoms with E-state index in [1.165, 1.54) is 0 Å². The summed E-state index contributed by atoms with van der Waals surface area (Å²) in [6.07, 6.45) is 5.38. The molecular formula is C8H9BrN4. The Morgan fingerprint density at radius 3 is 2.85 bits per heavy atom. The Balaban J connectivity index is 2.71. The van der Waals surface area contributed by atoms with Gasteiger partial charge in [-0.1, -0.05) is 0 Å². The van der Waals surface area contributed by atoms with Crippen molar-refractivity contribution in [1.82, 2.24) is 14.4 Å². The van der Waals surface area contributed by atoms with Gasteiger partial charge in [0.15, 0.2) is 0 Å². The highest BCUT2D eigenvalue weighted by Gasteiger charge is 2.07. The lowest BCUT2D eigenvalue weighted by molar-refractivity contribution is 0.766. The Hall–Kier alpha value is -0.940. The van der Waals surface area contributed by atoms with Crippen LogP contribution in [0.2, 0.25) is 0 Å². The normalized spacial score (nSPS) is 13.5. The van der Waals surface area contributed by atoms with E-state index in [0.29, 0.717) is 5.78 Å². The summed E-state index contributed by atoms with van der Waals surface area (Å²) in [5.41, 5.74) is 6.73. The second-order valence-corrected chi connectivity index (χ2v) is 3.83. The van der Waals surface area contributed by atoms with Gasteiger partial charge < -0.3 is 5.73 Å². The number of aromatic nitrogens is 3. The van der Waals surface area contributed by atoms with Crippen molar-refractivity contribution in [3.63, 3.8) is 0 Å². The Bertz CT molecular complexity index is 435.